The molecule has 0 saturated carbocycles. The first-order chi connectivity index (χ1) is 18.0. The SMILES string of the molecule is COCCCn1c([C@@H]2CCCN(C(=O)C[C@H](N)Cc3ccc4ccccc4c3)C2)nc2cc(F)ccc21. The first kappa shape index (κ1) is 25.4. The monoisotopic (exact) mass is 502 g/mol. The molecule has 1 fully saturated rings. The molecule has 2 N–H and O–H groups in total. The van der Waals surface area contributed by atoms with Crippen molar-refractivity contribution in [2.24, 2.45) is 5.73 Å². The van der Waals surface area contributed by atoms with Gasteiger partial charge in [0.1, 0.15) is 11.6 Å². The molecule has 2 heterocycles. The maximum atomic E-state index is 13.9. The maximum Gasteiger partial charge on any atom is 0.224 e. The zero-order valence-electron chi connectivity index (χ0n) is 21.4. The summed E-state index contributed by atoms with van der Waals surface area (Å²) in [5.74, 6) is 0.828. The predicted octanol–water partition coefficient (Wildman–Crippen LogP) is 5.03. The average molecular weight is 503 g/mol. The Morgan fingerprint density at radius 3 is 2.84 bits per heavy atom. The van der Waals surface area contributed by atoms with Gasteiger partial charge in [0.2, 0.25) is 5.91 Å². The number of halogens is 1. The highest BCUT2D eigenvalue weighted by Crippen LogP contribution is 2.30. The van der Waals surface area contributed by atoms with Crippen LogP contribution in [0.15, 0.2) is 60.7 Å². The van der Waals surface area contributed by atoms with E-state index >= 15 is 0 Å². The normalized spacial score (nSPS) is 16.9. The lowest BCUT2D eigenvalue weighted by atomic mass is 9.95. The number of imidazole rings is 1. The summed E-state index contributed by atoms with van der Waals surface area (Å²) in [6.45, 7) is 2.73. The van der Waals surface area contributed by atoms with E-state index in [2.05, 4.69) is 34.9 Å². The van der Waals surface area contributed by atoms with Gasteiger partial charge in [-0.3, -0.25) is 4.79 Å². The van der Waals surface area contributed by atoms with Crippen LogP contribution in [-0.2, 0) is 22.5 Å². The number of nitrogens with two attached hydrogens (primary N) is 1. The van der Waals surface area contributed by atoms with Crippen LogP contribution in [-0.4, -0.2) is 53.2 Å². The molecule has 4 aromatic rings. The van der Waals surface area contributed by atoms with Gasteiger partial charge in [-0.05, 0) is 54.2 Å². The molecular formula is C30H35FN4O2. The lowest BCUT2D eigenvalue weighted by Crippen LogP contribution is -2.42. The van der Waals surface area contributed by atoms with Gasteiger partial charge in [0, 0.05) is 57.8 Å². The zero-order chi connectivity index (χ0) is 25.8. The first-order valence-corrected chi connectivity index (χ1v) is 13.2. The van der Waals surface area contributed by atoms with Gasteiger partial charge < -0.3 is 19.9 Å². The van der Waals surface area contributed by atoms with Crippen molar-refractivity contribution in [3.63, 3.8) is 0 Å². The molecule has 0 aliphatic carbocycles. The number of piperidine rings is 1. The Hall–Kier alpha value is -3.29. The van der Waals surface area contributed by atoms with Gasteiger partial charge in [-0.2, -0.15) is 0 Å². The zero-order valence-corrected chi connectivity index (χ0v) is 21.4. The summed E-state index contributed by atoms with van der Waals surface area (Å²) >= 11 is 0. The molecule has 0 radical (unpaired) electrons. The van der Waals surface area contributed by atoms with E-state index < -0.39 is 0 Å². The van der Waals surface area contributed by atoms with E-state index in [0.717, 1.165) is 49.3 Å². The van der Waals surface area contributed by atoms with Gasteiger partial charge in [0.05, 0.1) is 11.0 Å². The van der Waals surface area contributed by atoms with Crippen LogP contribution in [0.2, 0.25) is 0 Å². The molecule has 2 atom stereocenters. The number of aromatic nitrogens is 2. The topological polar surface area (TPSA) is 73.4 Å². The van der Waals surface area contributed by atoms with Crippen molar-refractivity contribution in [1.82, 2.24) is 14.5 Å². The minimum atomic E-state index is -0.290. The fourth-order valence-electron chi connectivity index (χ4n) is 5.54. The Morgan fingerprint density at radius 2 is 2.00 bits per heavy atom. The summed E-state index contributed by atoms with van der Waals surface area (Å²) in [6.07, 6.45) is 3.67. The number of amides is 1. The molecule has 1 aromatic heterocycles. The number of ether oxygens (including phenoxy) is 1. The summed E-state index contributed by atoms with van der Waals surface area (Å²) < 4.78 is 21.3. The van der Waals surface area contributed by atoms with Crippen molar-refractivity contribution in [1.29, 1.82) is 0 Å². The van der Waals surface area contributed by atoms with Crippen molar-refractivity contribution >= 4 is 27.7 Å². The molecule has 3 aromatic carbocycles. The average Bonchev–Trinajstić information content (AvgIpc) is 3.26. The Bertz CT molecular complexity index is 1380. The minimum absolute atomic E-state index is 0.0890. The maximum absolute atomic E-state index is 13.9. The highest BCUT2D eigenvalue weighted by Gasteiger charge is 2.29. The number of hydrogen-bond acceptors (Lipinski definition) is 4. The van der Waals surface area contributed by atoms with Gasteiger partial charge in [-0.15, -0.1) is 0 Å². The quantitative estimate of drug-likeness (QED) is 0.326. The van der Waals surface area contributed by atoms with Crippen LogP contribution >= 0.6 is 0 Å². The van der Waals surface area contributed by atoms with Gasteiger partial charge in [0.15, 0.2) is 0 Å². The van der Waals surface area contributed by atoms with Crippen LogP contribution in [0.4, 0.5) is 4.39 Å². The lowest BCUT2D eigenvalue weighted by Gasteiger charge is -2.33. The van der Waals surface area contributed by atoms with E-state index in [1.807, 2.05) is 17.0 Å². The van der Waals surface area contributed by atoms with Crippen molar-refractivity contribution < 1.29 is 13.9 Å². The van der Waals surface area contributed by atoms with Crippen molar-refractivity contribution in [3.05, 3.63) is 77.9 Å². The third-order valence-electron chi connectivity index (χ3n) is 7.36. The molecule has 0 bridgehead atoms. The number of likely N-dealkylation sites (tertiary alicyclic amines) is 1. The van der Waals surface area contributed by atoms with Crippen LogP contribution in [0.25, 0.3) is 21.8 Å². The Balaban J connectivity index is 1.27. The number of carbonyl (C=O) groups excluding carboxylic acids is 1. The summed E-state index contributed by atoms with van der Waals surface area (Å²) in [7, 11) is 1.69. The van der Waals surface area contributed by atoms with Crippen molar-refractivity contribution in [2.75, 3.05) is 26.8 Å². The number of fused-ring (bicyclic) bond motifs is 2. The third kappa shape index (κ3) is 5.84. The summed E-state index contributed by atoms with van der Waals surface area (Å²) in [6, 6.07) is 19.2. The highest BCUT2D eigenvalue weighted by molar-refractivity contribution is 5.83. The van der Waals surface area contributed by atoms with Crippen LogP contribution in [0, 0.1) is 5.82 Å². The molecule has 37 heavy (non-hydrogen) atoms. The molecule has 5 rings (SSSR count). The van der Waals surface area contributed by atoms with Crippen LogP contribution in [0.1, 0.15) is 43.0 Å². The molecule has 1 amide bonds. The smallest absolute Gasteiger partial charge is 0.224 e. The number of hydrogen-bond donors (Lipinski definition) is 1. The third-order valence-corrected chi connectivity index (χ3v) is 7.36. The summed E-state index contributed by atoms with van der Waals surface area (Å²) in [5.41, 5.74) is 9.18. The Kier molecular flexibility index (Phi) is 7.82. The van der Waals surface area contributed by atoms with Crippen molar-refractivity contribution in [3.8, 4) is 0 Å². The van der Waals surface area contributed by atoms with E-state index in [9.17, 15) is 9.18 Å². The number of rotatable bonds is 9. The van der Waals surface area contributed by atoms with Gasteiger partial charge in [-0.1, -0.05) is 42.5 Å². The molecule has 6 nitrogen and oxygen atoms in total. The number of methoxy groups -OCH3 is 1. The summed E-state index contributed by atoms with van der Waals surface area (Å²) in [4.78, 5) is 20.0. The number of carbonyl (C=O) groups is 1. The molecular weight excluding hydrogens is 467 g/mol. The van der Waals surface area contributed by atoms with Crippen molar-refractivity contribution in [2.45, 2.75) is 50.6 Å². The Labute approximate surface area is 217 Å². The van der Waals surface area contributed by atoms with E-state index in [-0.39, 0.29) is 23.7 Å². The van der Waals surface area contributed by atoms with Crippen LogP contribution < -0.4 is 5.73 Å². The second-order valence-corrected chi connectivity index (χ2v) is 10.1. The summed E-state index contributed by atoms with van der Waals surface area (Å²) in [5, 5.41) is 2.39. The lowest BCUT2D eigenvalue weighted by molar-refractivity contribution is -0.132. The van der Waals surface area contributed by atoms with Gasteiger partial charge >= 0.3 is 0 Å². The molecule has 7 heteroatoms. The van der Waals surface area contributed by atoms with E-state index in [1.165, 1.54) is 22.9 Å². The van der Waals surface area contributed by atoms with Crippen LogP contribution in [0.5, 0.6) is 0 Å². The Morgan fingerprint density at radius 1 is 1.16 bits per heavy atom. The molecule has 1 aliphatic rings. The van der Waals surface area contributed by atoms with Gasteiger partial charge in [0.25, 0.3) is 0 Å². The fraction of sp³-hybridized carbons (Fsp3) is 0.400. The van der Waals surface area contributed by atoms with E-state index in [0.29, 0.717) is 31.5 Å². The first-order valence-electron chi connectivity index (χ1n) is 13.2. The largest absolute Gasteiger partial charge is 0.385 e. The van der Waals surface area contributed by atoms with E-state index in [4.69, 9.17) is 15.5 Å². The molecule has 1 aliphatic heterocycles. The second-order valence-electron chi connectivity index (χ2n) is 10.1. The number of nitrogens with zero attached hydrogens (tertiary/aromatic N) is 3. The standard InChI is InChI=1S/C30H35FN4O2/c1-37-15-5-14-35-28-12-11-25(31)18-27(28)33-30(35)24-8-4-13-34(20-24)29(36)19-26(32)17-21-9-10-22-6-2-3-7-23(22)16-21/h2-3,6-7,9-12,16,18,24,26H,4-5,8,13-15,17,19-20,32H2,1H3/t24-,26-/m1/s1. The van der Waals surface area contributed by atoms with Crippen LogP contribution in [0.3, 0.4) is 0 Å². The number of benzene rings is 3. The molecule has 0 spiro atoms. The molecule has 1 saturated heterocycles. The van der Waals surface area contributed by atoms with E-state index in [1.54, 1.807) is 13.2 Å². The fourth-order valence-corrected chi connectivity index (χ4v) is 5.54. The predicted molar refractivity (Wildman–Crippen MR) is 145 cm³/mol. The highest BCUT2D eigenvalue weighted by atomic mass is 19.1. The molecule has 0 unspecified atom stereocenters. The minimum Gasteiger partial charge on any atom is -0.385 e. The number of aryl methyl sites for hydroxylation is 1. The second kappa shape index (κ2) is 11.4. The van der Waals surface area contributed by atoms with Gasteiger partial charge in [-0.25, -0.2) is 9.37 Å². The molecule has 194 valence electrons.